The summed E-state index contributed by atoms with van der Waals surface area (Å²) in [6, 6.07) is 6.22. The minimum absolute atomic E-state index is 0.0127. The highest BCUT2D eigenvalue weighted by atomic mass is 19.4. The molecule has 1 atom stereocenters. The highest BCUT2D eigenvalue weighted by Crippen LogP contribution is 2.28. The van der Waals surface area contributed by atoms with Gasteiger partial charge in [0.1, 0.15) is 22.6 Å². The predicted molar refractivity (Wildman–Crippen MR) is 98.6 cm³/mol. The van der Waals surface area contributed by atoms with Gasteiger partial charge in [-0.25, -0.2) is 14.6 Å². The standard InChI is InChI=1S/C19H17F3N2O6/c1-28-11-6-5-10-8-12(16(26)29-14(10)9-11)15(25)23-7-3-2-4-13-17(27)30-18(24-13)19(20,21)22/h5-6,8-9,18H,2-4,7H2,1H3,(H,23,25). The number of alkyl halides is 3. The van der Waals surface area contributed by atoms with Crippen molar-refractivity contribution in [2.24, 2.45) is 4.99 Å². The minimum atomic E-state index is -4.74. The van der Waals surface area contributed by atoms with Crippen molar-refractivity contribution in [3.8, 4) is 5.75 Å². The lowest BCUT2D eigenvalue weighted by atomic mass is 10.1. The van der Waals surface area contributed by atoms with Crippen LogP contribution in [0.15, 0.2) is 38.5 Å². The van der Waals surface area contributed by atoms with E-state index in [0.717, 1.165) is 0 Å². The summed E-state index contributed by atoms with van der Waals surface area (Å²) in [5, 5.41) is 3.08. The normalized spacial score (nSPS) is 16.3. The van der Waals surface area contributed by atoms with Gasteiger partial charge in [0, 0.05) is 18.0 Å². The first kappa shape index (κ1) is 21.3. The van der Waals surface area contributed by atoms with Crippen LogP contribution in [0.1, 0.15) is 29.6 Å². The Labute approximate surface area is 167 Å². The van der Waals surface area contributed by atoms with E-state index < -0.39 is 29.9 Å². The van der Waals surface area contributed by atoms with E-state index in [2.05, 4.69) is 15.0 Å². The monoisotopic (exact) mass is 426 g/mol. The molecule has 0 bridgehead atoms. The van der Waals surface area contributed by atoms with Crippen LogP contribution in [-0.2, 0) is 9.53 Å². The van der Waals surface area contributed by atoms with Gasteiger partial charge >= 0.3 is 17.8 Å². The summed E-state index contributed by atoms with van der Waals surface area (Å²) in [5.74, 6) is -1.23. The van der Waals surface area contributed by atoms with Gasteiger partial charge in [-0.05, 0) is 37.5 Å². The first-order chi connectivity index (χ1) is 14.2. The van der Waals surface area contributed by atoms with E-state index in [1.165, 1.54) is 19.2 Å². The van der Waals surface area contributed by atoms with Gasteiger partial charge < -0.3 is 19.2 Å². The van der Waals surface area contributed by atoms with Gasteiger partial charge in [-0.3, -0.25) is 4.79 Å². The average Bonchev–Trinajstić information content (AvgIpc) is 3.07. The van der Waals surface area contributed by atoms with Crippen molar-refractivity contribution in [3.05, 3.63) is 40.2 Å². The molecule has 1 aliphatic rings. The number of methoxy groups -OCH3 is 1. The zero-order valence-electron chi connectivity index (χ0n) is 15.7. The molecule has 3 rings (SSSR count). The van der Waals surface area contributed by atoms with E-state index in [1.54, 1.807) is 12.1 Å². The molecule has 1 N–H and O–H groups in total. The summed E-state index contributed by atoms with van der Waals surface area (Å²) in [5.41, 5.74) is -0.995. The quantitative estimate of drug-likeness (QED) is 0.414. The van der Waals surface area contributed by atoms with E-state index in [4.69, 9.17) is 9.15 Å². The maximum atomic E-state index is 12.5. The molecule has 11 heteroatoms. The van der Waals surface area contributed by atoms with Crippen LogP contribution >= 0.6 is 0 Å². The zero-order chi connectivity index (χ0) is 21.9. The molecule has 8 nitrogen and oxygen atoms in total. The molecule has 0 aliphatic carbocycles. The van der Waals surface area contributed by atoms with Crippen molar-refractivity contribution in [1.29, 1.82) is 0 Å². The summed E-state index contributed by atoms with van der Waals surface area (Å²) in [6.45, 7) is 0.143. The molecule has 1 aromatic heterocycles. The predicted octanol–water partition coefficient (Wildman–Crippen LogP) is 2.59. The lowest BCUT2D eigenvalue weighted by molar-refractivity contribution is -0.210. The molecular weight excluding hydrogens is 409 g/mol. The fraction of sp³-hybridized carbons (Fsp3) is 0.368. The Balaban J connectivity index is 1.52. The number of aliphatic imine (C=N–C) groups is 1. The number of nitrogens with one attached hydrogen (secondary N) is 1. The van der Waals surface area contributed by atoms with Crippen molar-refractivity contribution < 1.29 is 36.7 Å². The second-order valence-electron chi connectivity index (χ2n) is 6.44. The molecule has 1 unspecified atom stereocenters. The maximum absolute atomic E-state index is 12.5. The van der Waals surface area contributed by atoms with Crippen LogP contribution in [0.5, 0.6) is 5.75 Å². The molecule has 160 valence electrons. The Morgan fingerprint density at radius 1 is 1.23 bits per heavy atom. The molecule has 30 heavy (non-hydrogen) atoms. The van der Waals surface area contributed by atoms with Crippen LogP contribution in [0, 0.1) is 0 Å². The number of unbranched alkanes of at least 4 members (excludes halogenated alkanes) is 1. The second-order valence-corrected chi connectivity index (χ2v) is 6.44. The Bertz CT molecular complexity index is 1060. The first-order valence-electron chi connectivity index (χ1n) is 8.93. The van der Waals surface area contributed by atoms with Crippen molar-refractivity contribution in [2.45, 2.75) is 31.7 Å². The van der Waals surface area contributed by atoms with Gasteiger partial charge in [0.2, 0.25) is 0 Å². The summed E-state index contributed by atoms with van der Waals surface area (Å²) >= 11 is 0. The number of hydrogen-bond donors (Lipinski definition) is 1. The Kier molecular flexibility index (Phi) is 6.09. The Morgan fingerprint density at radius 2 is 2.00 bits per heavy atom. The zero-order valence-corrected chi connectivity index (χ0v) is 15.7. The molecule has 1 amide bonds. The van der Waals surface area contributed by atoms with E-state index >= 15 is 0 Å². The smallest absolute Gasteiger partial charge is 0.447 e. The summed E-state index contributed by atoms with van der Waals surface area (Å²) in [6.07, 6.45) is -6.55. The van der Waals surface area contributed by atoms with Crippen LogP contribution in [0.4, 0.5) is 13.2 Å². The topological polar surface area (TPSA) is 107 Å². The Hall–Kier alpha value is -3.37. The van der Waals surface area contributed by atoms with E-state index in [0.29, 0.717) is 24.0 Å². The van der Waals surface area contributed by atoms with E-state index in [1.807, 2.05) is 0 Å². The lowest BCUT2D eigenvalue weighted by Crippen LogP contribution is -2.29. The molecule has 2 aromatic rings. The summed E-state index contributed by atoms with van der Waals surface area (Å²) in [4.78, 5) is 38.9. The molecule has 1 aliphatic heterocycles. The van der Waals surface area contributed by atoms with Crippen LogP contribution in [0.25, 0.3) is 11.0 Å². The number of carbonyl (C=O) groups excluding carboxylic acids is 2. The van der Waals surface area contributed by atoms with Gasteiger partial charge in [0.15, 0.2) is 0 Å². The van der Waals surface area contributed by atoms with Crippen LogP contribution in [-0.4, -0.2) is 43.6 Å². The third-order valence-corrected chi connectivity index (χ3v) is 4.32. The molecule has 0 fully saturated rings. The van der Waals surface area contributed by atoms with Gasteiger partial charge in [-0.15, -0.1) is 0 Å². The van der Waals surface area contributed by atoms with Gasteiger partial charge in [-0.2, -0.15) is 13.2 Å². The van der Waals surface area contributed by atoms with Crippen molar-refractivity contribution in [3.63, 3.8) is 0 Å². The van der Waals surface area contributed by atoms with Crippen molar-refractivity contribution in [2.75, 3.05) is 13.7 Å². The molecule has 2 heterocycles. The van der Waals surface area contributed by atoms with Gasteiger partial charge in [-0.1, -0.05) is 0 Å². The molecular formula is C19H17F3N2O6. The number of amides is 1. The number of esters is 1. The minimum Gasteiger partial charge on any atom is -0.497 e. The largest absolute Gasteiger partial charge is 0.497 e. The average molecular weight is 426 g/mol. The van der Waals surface area contributed by atoms with Gasteiger partial charge in [0.25, 0.3) is 12.1 Å². The molecule has 0 radical (unpaired) electrons. The number of rotatable bonds is 7. The molecule has 0 saturated heterocycles. The molecule has 0 saturated carbocycles. The number of hydrogen-bond acceptors (Lipinski definition) is 7. The van der Waals surface area contributed by atoms with Crippen molar-refractivity contribution in [1.82, 2.24) is 5.32 Å². The fourth-order valence-electron chi connectivity index (χ4n) is 2.79. The fourth-order valence-corrected chi connectivity index (χ4v) is 2.79. The van der Waals surface area contributed by atoms with Crippen molar-refractivity contribution >= 4 is 28.6 Å². The van der Waals surface area contributed by atoms with Crippen LogP contribution < -0.4 is 15.7 Å². The highest BCUT2D eigenvalue weighted by Gasteiger charge is 2.47. The van der Waals surface area contributed by atoms with E-state index in [9.17, 15) is 27.6 Å². The first-order valence-corrected chi connectivity index (χ1v) is 8.93. The van der Waals surface area contributed by atoms with E-state index in [-0.39, 0.29) is 29.8 Å². The number of nitrogens with zero attached hydrogens (tertiary/aromatic N) is 1. The highest BCUT2D eigenvalue weighted by molar-refractivity contribution is 6.37. The third kappa shape index (κ3) is 4.78. The number of ether oxygens (including phenoxy) is 2. The number of halogens is 3. The Morgan fingerprint density at radius 3 is 2.67 bits per heavy atom. The maximum Gasteiger partial charge on any atom is 0.447 e. The van der Waals surface area contributed by atoms with Gasteiger partial charge in [0.05, 0.1) is 7.11 Å². The molecule has 0 spiro atoms. The number of fused-ring (bicyclic) bond motifs is 1. The summed E-state index contributed by atoms with van der Waals surface area (Å²) in [7, 11) is 1.47. The lowest BCUT2D eigenvalue weighted by Gasteiger charge is -2.09. The summed E-state index contributed by atoms with van der Waals surface area (Å²) < 4.78 is 51.8. The number of cyclic esters (lactones) is 1. The third-order valence-electron chi connectivity index (χ3n) is 4.32. The number of carbonyl (C=O) groups is 2. The van der Waals surface area contributed by atoms with Crippen LogP contribution in [0.3, 0.4) is 0 Å². The number of benzene rings is 1. The molecule has 1 aromatic carbocycles. The SMILES string of the molecule is COc1ccc2cc(C(=O)NCCCCC3=NC(C(F)(F)F)OC3=O)c(=O)oc2c1. The second kappa shape index (κ2) is 8.56. The van der Waals surface area contributed by atoms with Crippen LogP contribution in [0.2, 0.25) is 0 Å².